The second-order valence-corrected chi connectivity index (χ2v) is 5.60. The molecule has 0 bridgehead atoms. The summed E-state index contributed by atoms with van der Waals surface area (Å²) in [5.41, 5.74) is -1.86. The second-order valence-electron chi connectivity index (χ2n) is 5.23. The number of fused-ring (bicyclic) bond motifs is 1. The standard InChI is InChI=1S/C15H11FN4O4S/c1-4-5-19-10-7-9(8(16)6-11(10)24-15(19)23)20-12(21)17(2)14(25)18(3)13(20)22/h1,6-7H,5H2,2-3H3. The highest BCUT2D eigenvalue weighted by molar-refractivity contribution is 7.71. The van der Waals surface area contributed by atoms with E-state index in [1.165, 1.54) is 20.2 Å². The van der Waals surface area contributed by atoms with Gasteiger partial charge in [0.2, 0.25) is 0 Å². The lowest BCUT2D eigenvalue weighted by atomic mass is 10.2. The maximum atomic E-state index is 14.5. The fraction of sp³-hybridized carbons (Fsp3) is 0.200. The van der Waals surface area contributed by atoms with Crippen LogP contribution in [0.15, 0.2) is 30.9 Å². The van der Waals surface area contributed by atoms with Crippen LogP contribution < -0.4 is 17.1 Å². The Morgan fingerprint density at radius 1 is 1.20 bits per heavy atom. The van der Waals surface area contributed by atoms with Crippen molar-refractivity contribution in [3.8, 4) is 18.0 Å². The maximum absolute atomic E-state index is 14.5. The van der Waals surface area contributed by atoms with E-state index in [2.05, 4.69) is 5.92 Å². The molecular formula is C15H11FN4O4S. The summed E-state index contributed by atoms with van der Waals surface area (Å²) in [5, 5.41) is 0. The van der Waals surface area contributed by atoms with Gasteiger partial charge in [0, 0.05) is 20.2 Å². The van der Waals surface area contributed by atoms with Crippen LogP contribution in [0.25, 0.3) is 16.8 Å². The quantitative estimate of drug-likeness (QED) is 0.483. The molecule has 0 fully saturated rings. The van der Waals surface area contributed by atoms with Gasteiger partial charge in [-0.3, -0.25) is 13.7 Å². The van der Waals surface area contributed by atoms with E-state index in [0.29, 0.717) is 4.57 Å². The molecule has 3 aromatic rings. The molecule has 3 rings (SSSR count). The van der Waals surface area contributed by atoms with E-state index >= 15 is 0 Å². The predicted octanol–water partition coefficient (Wildman–Crippen LogP) is 0.284. The number of nitrogens with zero attached hydrogens (tertiary/aromatic N) is 4. The molecule has 0 aliphatic carbocycles. The zero-order chi connectivity index (χ0) is 18.5. The second kappa shape index (κ2) is 5.71. The lowest BCUT2D eigenvalue weighted by Crippen LogP contribution is -2.43. The molecule has 2 heterocycles. The van der Waals surface area contributed by atoms with Gasteiger partial charge in [0.15, 0.2) is 16.2 Å². The molecule has 0 aliphatic heterocycles. The van der Waals surface area contributed by atoms with E-state index in [1.807, 2.05) is 0 Å². The number of oxazole rings is 1. The molecule has 0 spiro atoms. The van der Waals surface area contributed by atoms with Gasteiger partial charge in [-0.2, -0.15) is 0 Å². The minimum atomic E-state index is -0.912. The van der Waals surface area contributed by atoms with Crippen LogP contribution in [0, 0.1) is 22.9 Å². The largest absolute Gasteiger partial charge is 0.420 e. The Bertz CT molecular complexity index is 1260. The van der Waals surface area contributed by atoms with E-state index in [1.54, 1.807) is 0 Å². The molecule has 0 aliphatic rings. The van der Waals surface area contributed by atoms with Crippen molar-refractivity contribution >= 4 is 23.3 Å². The zero-order valence-corrected chi connectivity index (χ0v) is 14.0. The van der Waals surface area contributed by atoms with Crippen molar-refractivity contribution < 1.29 is 8.81 Å². The number of halogens is 1. The Balaban J connectivity index is 2.48. The molecule has 0 radical (unpaired) electrons. The molecule has 0 saturated carbocycles. The van der Waals surface area contributed by atoms with Crippen LogP contribution in [0.5, 0.6) is 0 Å². The third-order valence-electron chi connectivity index (χ3n) is 3.76. The van der Waals surface area contributed by atoms with Crippen LogP contribution in [0.3, 0.4) is 0 Å². The highest BCUT2D eigenvalue weighted by atomic mass is 32.1. The van der Waals surface area contributed by atoms with Crippen molar-refractivity contribution in [1.82, 2.24) is 18.3 Å². The summed E-state index contributed by atoms with van der Waals surface area (Å²) in [7, 11) is 2.73. The molecule has 0 unspecified atom stereocenters. The first-order valence-corrected chi connectivity index (χ1v) is 7.34. The van der Waals surface area contributed by atoms with Crippen LogP contribution in [-0.2, 0) is 20.6 Å². The third-order valence-corrected chi connectivity index (χ3v) is 4.31. The third kappa shape index (κ3) is 2.36. The van der Waals surface area contributed by atoms with Gasteiger partial charge in [-0.05, 0) is 18.3 Å². The van der Waals surface area contributed by atoms with Gasteiger partial charge >= 0.3 is 17.1 Å². The molecular weight excluding hydrogens is 351 g/mol. The van der Waals surface area contributed by atoms with Gasteiger partial charge in [0.05, 0.1) is 17.7 Å². The molecule has 0 N–H and O–H groups in total. The van der Waals surface area contributed by atoms with E-state index < -0.39 is 23.0 Å². The molecule has 0 atom stereocenters. The van der Waals surface area contributed by atoms with Gasteiger partial charge in [-0.25, -0.2) is 23.3 Å². The first-order valence-electron chi connectivity index (χ1n) is 6.93. The summed E-state index contributed by atoms with van der Waals surface area (Å²) in [5.74, 6) is 0.603. The minimum Gasteiger partial charge on any atom is -0.408 e. The lowest BCUT2D eigenvalue weighted by molar-refractivity contribution is 0.518. The number of terminal acetylenes is 1. The van der Waals surface area contributed by atoms with Crippen molar-refractivity contribution in [1.29, 1.82) is 0 Å². The molecule has 0 amide bonds. The van der Waals surface area contributed by atoms with Crippen LogP contribution in [0.4, 0.5) is 4.39 Å². The van der Waals surface area contributed by atoms with Crippen molar-refractivity contribution in [2.75, 3.05) is 0 Å². The van der Waals surface area contributed by atoms with Crippen LogP contribution in [0.1, 0.15) is 0 Å². The minimum absolute atomic E-state index is 0.0136. The van der Waals surface area contributed by atoms with E-state index in [4.69, 9.17) is 23.1 Å². The van der Waals surface area contributed by atoms with Gasteiger partial charge < -0.3 is 4.42 Å². The van der Waals surface area contributed by atoms with Gasteiger partial charge in [0.1, 0.15) is 0 Å². The number of aromatic nitrogens is 4. The van der Waals surface area contributed by atoms with E-state index in [0.717, 1.165) is 19.8 Å². The smallest absolute Gasteiger partial charge is 0.408 e. The first kappa shape index (κ1) is 16.7. The summed E-state index contributed by atoms with van der Waals surface area (Å²) in [6.07, 6.45) is 5.21. The highest BCUT2D eigenvalue weighted by Crippen LogP contribution is 2.20. The Hall–Kier alpha value is -3.19. The lowest BCUT2D eigenvalue weighted by Gasteiger charge is -2.11. The van der Waals surface area contributed by atoms with E-state index in [9.17, 15) is 18.8 Å². The Labute approximate surface area is 144 Å². The van der Waals surface area contributed by atoms with Gasteiger partial charge in [0.25, 0.3) is 0 Å². The maximum Gasteiger partial charge on any atom is 0.420 e. The zero-order valence-electron chi connectivity index (χ0n) is 13.1. The fourth-order valence-corrected chi connectivity index (χ4v) is 2.62. The highest BCUT2D eigenvalue weighted by Gasteiger charge is 2.18. The summed E-state index contributed by atoms with van der Waals surface area (Å²) in [6, 6.07) is 2.09. The van der Waals surface area contributed by atoms with Crippen molar-refractivity contribution in [3.63, 3.8) is 0 Å². The Morgan fingerprint density at radius 2 is 1.80 bits per heavy atom. The summed E-state index contributed by atoms with van der Waals surface area (Å²) >= 11 is 4.98. The topological polar surface area (TPSA) is 84.1 Å². The van der Waals surface area contributed by atoms with Gasteiger partial charge in [-0.1, -0.05) is 5.92 Å². The molecule has 1 aromatic carbocycles. The van der Waals surface area contributed by atoms with Crippen LogP contribution in [-0.4, -0.2) is 18.3 Å². The molecule has 10 heteroatoms. The Kier molecular flexibility index (Phi) is 3.81. The SMILES string of the molecule is C#CCn1c(=O)oc2cc(F)c(-n3c(=O)n(C)c(=S)n(C)c3=O)cc21. The average Bonchev–Trinajstić information content (AvgIpc) is 2.87. The molecule has 0 saturated heterocycles. The normalized spacial score (nSPS) is 11.0. The van der Waals surface area contributed by atoms with Crippen molar-refractivity contribution in [2.45, 2.75) is 6.54 Å². The number of rotatable bonds is 2. The first-order chi connectivity index (χ1) is 11.8. The van der Waals surface area contributed by atoms with Gasteiger partial charge in [-0.15, -0.1) is 6.42 Å². The predicted molar refractivity (Wildman–Crippen MR) is 89.9 cm³/mol. The summed E-state index contributed by atoms with van der Waals surface area (Å²) in [6.45, 7) is -0.108. The monoisotopic (exact) mass is 362 g/mol. The summed E-state index contributed by atoms with van der Waals surface area (Å²) < 4.78 is 23.2. The average molecular weight is 362 g/mol. The van der Waals surface area contributed by atoms with Crippen LogP contribution in [0.2, 0.25) is 0 Å². The molecule has 8 nitrogen and oxygen atoms in total. The fourth-order valence-electron chi connectivity index (χ4n) is 2.46. The van der Waals surface area contributed by atoms with Crippen LogP contribution >= 0.6 is 12.2 Å². The number of benzene rings is 1. The molecule has 128 valence electrons. The number of hydrogen-bond donors (Lipinski definition) is 0. The Morgan fingerprint density at radius 3 is 2.36 bits per heavy atom. The van der Waals surface area contributed by atoms with E-state index in [-0.39, 0.29) is 28.1 Å². The summed E-state index contributed by atoms with van der Waals surface area (Å²) in [4.78, 5) is 36.6. The number of hydrogen-bond acceptors (Lipinski definition) is 5. The van der Waals surface area contributed by atoms with Crippen molar-refractivity contribution in [2.24, 2.45) is 14.1 Å². The van der Waals surface area contributed by atoms with Crippen molar-refractivity contribution in [3.05, 3.63) is 54.2 Å². The molecule has 2 aromatic heterocycles. The molecule has 25 heavy (non-hydrogen) atoms.